The molecule has 1 heterocycles. The van der Waals surface area contributed by atoms with Crippen molar-refractivity contribution in [3.05, 3.63) is 107 Å². The number of hydrogen-bond donors (Lipinski definition) is 0. The van der Waals surface area contributed by atoms with Gasteiger partial charge >= 0.3 is 5.97 Å². The number of nitrogens with zero attached hydrogens (tertiary/aromatic N) is 1. The van der Waals surface area contributed by atoms with Gasteiger partial charge in [-0.2, -0.15) is 0 Å². The summed E-state index contributed by atoms with van der Waals surface area (Å²) in [6.07, 6.45) is -0.0168. The average molecular weight is 399 g/mol. The van der Waals surface area contributed by atoms with Crippen molar-refractivity contribution >= 4 is 11.9 Å². The lowest BCUT2D eigenvalue weighted by Crippen LogP contribution is -2.43. The molecule has 0 saturated heterocycles. The summed E-state index contributed by atoms with van der Waals surface area (Å²) in [7, 11) is 0. The summed E-state index contributed by atoms with van der Waals surface area (Å²) in [4.78, 5) is 27.9. The number of ether oxygens (including phenoxy) is 1. The third-order valence-corrected chi connectivity index (χ3v) is 5.58. The molecule has 1 atom stereocenters. The molecule has 0 aromatic heterocycles. The van der Waals surface area contributed by atoms with E-state index in [0.717, 1.165) is 23.1 Å². The van der Waals surface area contributed by atoms with Crippen LogP contribution in [0.2, 0.25) is 0 Å². The van der Waals surface area contributed by atoms with Gasteiger partial charge in [0, 0.05) is 13.1 Å². The molecule has 3 aromatic rings. The fourth-order valence-electron chi connectivity index (χ4n) is 3.99. The van der Waals surface area contributed by atoms with E-state index in [0.29, 0.717) is 13.1 Å². The molecule has 1 aliphatic heterocycles. The molecular weight excluding hydrogens is 374 g/mol. The van der Waals surface area contributed by atoms with Crippen LogP contribution < -0.4 is 0 Å². The van der Waals surface area contributed by atoms with Crippen LogP contribution in [-0.2, 0) is 27.3 Å². The van der Waals surface area contributed by atoms with Crippen LogP contribution in [0.1, 0.15) is 35.1 Å². The van der Waals surface area contributed by atoms with E-state index < -0.39 is 18.0 Å². The fraction of sp³-hybridized carbons (Fsp3) is 0.231. The first-order valence-electron chi connectivity index (χ1n) is 10.3. The number of carbonyl (C=O) groups is 2. The zero-order chi connectivity index (χ0) is 20.9. The van der Waals surface area contributed by atoms with Crippen LogP contribution in [0.5, 0.6) is 0 Å². The zero-order valence-corrected chi connectivity index (χ0v) is 17.0. The number of hydrogen-bond acceptors (Lipinski definition) is 3. The molecule has 0 bridgehead atoms. The quantitative estimate of drug-likeness (QED) is 0.600. The summed E-state index contributed by atoms with van der Waals surface area (Å²) >= 11 is 0. The molecule has 0 unspecified atom stereocenters. The maximum Gasteiger partial charge on any atom is 0.318 e. The highest BCUT2D eigenvalue weighted by atomic mass is 16.5. The Morgan fingerprint density at radius 2 is 1.33 bits per heavy atom. The molecule has 1 aliphatic rings. The highest BCUT2D eigenvalue weighted by Crippen LogP contribution is 2.27. The van der Waals surface area contributed by atoms with Gasteiger partial charge in [0.15, 0.2) is 6.10 Å². The van der Waals surface area contributed by atoms with Gasteiger partial charge in [-0.3, -0.25) is 9.59 Å². The Morgan fingerprint density at radius 3 is 1.93 bits per heavy atom. The van der Waals surface area contributed by atoms with Crippen molar-refractivity contribution in [1.29, 1.82) is 0 Å². The zero-order valence-electron chi connectivity index (χ0n) is 17.0. The second kappa shape index (κ2) is 8.95. The van der Waals surface area contributed by atoms with Crippen LogP contribution in [0.4, 0.5) is 0 Å². The van der Waals surface area contributed by atoms with Gasteiger partial charge in [0.1, 0.15) is 5.92 Å². The lowest BCUT2D eigenvalue weighted by atomic mass is 9.91. The summed E-state index contributed by atoms with van der Waals surface area (Å²) in [5.41, 5.74) is 4.13. The topological polar surface area (TPSA) is 46.6 Å². The Morgan fingerprint density at radius 1 is 0.800 bits per heavy atom. The predicted octanol–water partition coefficient (Wildman–Crippen LogP) is 4.34. The van der Waals surface area contributed by atoms with Crippen LogP contribution in [0.3, 0.4) is 0 Å². The van der Waals surface area contributed by atoms with Gasteiger partial charge in [-0.1, -0.05) is 84.9 Å². The number of esters is 1. The van der Waals surface area contributed by atoms with Gasteiger partial charge < -0.3 is 9.64 Å². The van der Waals surface area contributed by atoms with Gasteiger partial charge in [-0.05, 0) is 35.6 Å². The maximum atomic E-state index is 13.1. The molecule has 0 aliphatic carbocycles. The standard InChI is InChI=1S/C26H25NO3/c1-19(25(28)27-17-16-20-10-8-9-15-23(20)18-27)30-26(29)24(21-11-4-2-5-12-21)22-13-6-3-7-14-22/h2-15,19,24H,16-18H2,1H3/t19-/m0/s1. The van der Waals surface area contributed by atoms with Gasteiger partial charge in [0.2, 0.25) is 0 Å². The second-order valence-corrected chi connectivity index (χ2v) is 7.61. The smallest absolute Gasteiger partial charge is 0.318 e. The largest absolute Gasteiger partial charge is 0.452 e. The van der Waals surface area contributed by atoms with E-state index in [1.54, 1.807) is 11.8 Å². The molecule has 4 rings (SSSR count). The van der Waals surface area contributed by atoms with Crippen LogP contribution in [0, 0.1) is 0 Å². The molecule has 30 heavy (non-hydrogen) atoms. The van der Waals surface area contributed by atoms with Gasteiger partial charge in [-0.25, -0.2) is 0 Å². The first-order chi connectivity index (χ1) is 14.6. The second-order valence-electron chi connectivity index (χ2n) is 7.61. The summed E-state index contributed by atoms with van der Waals surface area (Å²) in [6.45, 7) is 2.85. The highest BCUT2D eigenvalue weighted by Gasteiger charge is 2.31. The molecule has 0 fully saturated rings. The summed E-state index contributed by atoms with van der Waals surface area (Å²) in [6, 6.07) is 27.2. The van der Waals surface area contributed by atoms with Crippen molar-refractivity contribution in [3.8, 4) is 0 Å². The van der Waals surface area contributed by atoms with Crippen molar-refractivity contribution in [3.63, 3.8) is 0 Å². The van der Waals surface area contributed by atoms with Crippen molar-refractivity contribution in [1.82, 2.24) is 4.90 Å². The van der Waals surface area contributed by atoms with Gasteiger partial charge in [0.25, 0.3) is 5.91 Å². The lowest BCUT2D eigenvalue weighted by Gasteiger charge is -2.31. The maximum absolute atomic E-state index is 13.1. The Balaban J connectivity index is 1.49. The summed E-state index contributed by atoms with van der Waals surface area (Å²) in [5.74, 6) is -1.13. The first-order valence-corrected chi connectivity index (χ1v) is 10.3. The number of rotatable bonds is 5. The Labute approximate surface area is 177 Å². The normalized spacial score (nSPS) is 14.1. The third kappa shape index (κ3) is 4.28. The highest BCUT2D eigenvalue weighted by molar-refractivity contribution is 5.87. The number of amides is 1. The van der Waals surface area contributed by atoms with E-state index in [4.69, 9.17) is 4.74 Å². The molecule has 0 spiro atoms. The molecule has 0 N–H and O–H groups in total. The average Bonchev–Trinajstić information content (AvgIpc) is 2.80. The minimum atomic E-state index is -0.835. The van der Waals surface area contributed by atoms with Crippen molar-refractivity contribution in [2.75, 3.05) is 6.54 Å². The molecule has 152 valence electrons. The molecule has 3 aromatic carbocycles. The van der Waals surface area contributed by atoms with Crippen LogP contribution in [0.15, 0.2) is 84.9 Å². The molecular formula is C26H25NO3. The van der Waals surface area contributed by atoms with E-state index in [-0.39, 0.29) is 5.91 Å². The molecule has 4 nitrogen and oxygen atoms in total. The molecule has 4 heteroatoms. The van der Waals surface area contributed by atoms with Crippen molar-refractivity contribution in [2.45, 2.75) is 31.9 Å². The van der Waals surface area contributed by atoms with E-state index in [1.807, 2.05) is 78.9 Å². The molecule has 0 saturated carbocycles. The first kappa shape index (κ1) is 19.9. The molecule has 1 amide bonds. The fourth-order valence-corrected chi connectivity index (χ4v) is 3.99. The minimum absolute atomic E-state index is 0.155. The van der Waals surface area contributed by atoms with E-state index in [2.05, 4.69) is 6.07 Å². The predicted molar refractivity (Wildman–Crippen MR) is 116 cm³/mol. The molecule has 0 radical (unpaired) electrons. The Kier molecular flexibility index (Phi) is 5.94. The van der Waals surface area contributed by atoms with Crippen molar-refractivity contribution < 1.29 is 14.3 Å². The Bertz CT molecular complexity index is 977. The number of benzene rings is 3. The van der Waals surface area contributed by atoms with E-state index in [9.17, 15) is 9.59 Å². The number of fused-ring (bicyclic) bond motifs is 1. The van der Waals surface area contributed by atoms with E-state index >= 15 is 0 Å². The van der Waals surface area contributed by atoms with Gasteiger partial charge in [0.05, 0.1) is 0 Å². The van der Waals surface area contributed by atoms with Crippen LogP contribution in [0.25, 0.3) is 0 Å². The van der Waals surface area contributed by atoms with Gasteiger partial charge in [-0.15, -0.1) is 0 Å². The summed E-state index contributed by atoms with van der Waals surface area (Å²) < 4.78 is 5.69. The van der Waals surface area contributed by atoms with E-state index in [1.165, 1.54) is 5.56 Å². The number of carbonyl (C=O) groups excluding carboxylic acids is 2. The SMILES string of the molecule is C[C@H](OC(=O)C(c1ccccc1)c1ccccc1)C(=O)N1CCc2ccccc2C1. The summed E-state index contributed by atoms with van der Waals surface area (Å²) in [5, 5.41) is 0. The van der Waals surface area contributed by atoms with Crippen LogP contribution >= 0.6 is 0 Å². The van der Waals surface area contributed by atoms with Crippen LogP contribution in [-0.4, -0.2) is 29.4 Å². The minimum Gasteiger partial charge on any atom is -0.452 e. The monoisotopic (exact) mass is 399 g/mol. The lowest BCUT2D eigenvalue weighted by molar-refractivity contribution is -0.160. The van der Waals surface area contributed by atoms with Crippen molar-refractivity contribution in [2.24, 2.45) is 0 Å². The Hall–Kier alpha value is -3.40. The third-order valence-electron chi connectivity index (χ3n) is 5.58.